The summed E-state index contributed by atoms with van der Waals surface area (Å²) in [5.41, 5.74) is 2.70. The van der Waals surface area contributed by atoms with Crippen LogP contribution in [0.5, 0.6) is 0 Å². The molecule has 27 heavy (non-hydrogen) atoms. The van der Waals surface area contributed by atoms with Crippen LogP contribution in [0, 0.1) is 0 Å². The molecule has 0 amide bonds. The Labute approximate surface area is 158 Å². The Balaban J connectivity index is 1.25. The van der Waals surface area contributed by atoms with Gasteiger partial charge in [0.2, 0.25) is 0 Å². The summed E-state index contributed by atoms with van der Waals surface area (Å²) in [4.78, 5) is 4.28. The fourth-order valence-corrected chi connectivity index (χ4v) is 5.06. The van der Waals surface area contributed by atoms with Crippen LogP contribution in [0.15, 0.2) is 18.2 Å². The highest BCUT2D eigenvalue weighted by Gasteiger charge is 2.33. The van der Waals surface area contributed by atoms with Gasteiger partial charge >= 0.3 is 0 Å². The Bertz CT molecular complexity index is 968. The zero-order valence-corrected chi connectivity index (χ0v) is 16.1. The van der Waals surface area contributed by atoms with Gasteiger partial charge in [-0.3, -0.25) is 0 Å². The molecule has 1 saturated carbocycles. The van der Waals surface area contributed by atoms with Gasteiger partial charge < -0.3 is 9.80 Å². The molecule has 0 radical (unpaired) electrons. The zero-order valence-electron chi connectivity index (χ0n) is 15.2. The minimum absolute atomic E-state index is 0.0679. The number of likely N-dealkylation sites (N-methyl/N-ethyl adjacent to an activating group) is 1. The molecule has 4 heterocycles. The second-order valence-corrected chi connectivity index (χ2v) is 9.96. The van der Waals surface area contributed by atoms with E-state index < -0.39 is 9.84 Å². The molecular formula is C18H22N6O2S. The molecule has 3 aliphatic rings. The van der Waals surface area contributed by atoms with Crippen LogP contribution in [0.2, 0.25) is 0 Å². The molecule has 8 nitrogen and oxygen atoms in total. The molecule has 0 atom stereocenters. The number of rotatable bonds is 4. The minimum atomic E-state index is -3.01. The van der Waals surface area contributed by atoms with Crippen LogP contribution in [0.1, 0.15) is 35.7 Å². The van der Waals surface area contributed by atoms with Crippen molar-refractivity contribution in [1.29, 1.82) is 0 Å². The maximum atomic E-state index is 11.9. The van der Waals surface area contributed by atoms with Gasteiger partial charge in [0.1, 0.15) is 0 Å². The first-order chi connectivity index (χ1) is 13.0. The molecule has 142 valence electrons. The van der Waals surface area contributed by atoms with Crippen molar-refractivity contribution >= 4 is 21.5 Å². The number of hydrogen-bond donors (Lipinski definition) is 0. The summed E-state index contributed by atoms with van der Waals surface area (Å²) >= 11 is 0. The molecule has 0 N–H and O–H groups in total. The van der Waals surface area contributed by atoms with Crippen LogP contribution in [0.25, 0.3) is 0 Å². The molecule has 1 saturated heterocycles. The van der Waals surface area contributed by atoms with Gasteiger partial charge in [0.25, 0.3) is 0 Å². The summed E-state index contributed by atoms with van der Waals surface area (Å²) in [6.45, 7) is 1.68. The maximum Gasteiger partial charge on any atom is 0.154 e. The predicted octanol–water partition coefficient (Wildman–Crippen LogP) is 0.940. The van der Waals surface area contributed by atoms with Crippen molar-refractivity contribution in [3.63, 3.8) is 0 Å². The summed E-state index contributed by atoms with van der Waals surface area (Å²) in [7, 11) is -1.03. The topological polar surface area (TPSA) is 92.2 Å². The normalized spacial score (nSPS) is 21.4. The quantitative estimate of drug-likeness (QED) is 0.767. The number of hydrogen-bond acceptors (Lipinski definition) is 8. The van der Waals surface area contributed by atoms with E-state index in [1.54, 1.807) is 0 Å². The second kappa shape index (κ2) is 6.12. The number of anilines is 2. The molecule has 0 bridgehead atoms. The van der Waals surface area contributed by atoms with Gasteiger partial charge in [-0.2, -0.15) is 10.2 Å². The van der Waals surface area contributed by atoms with E-state index in [-0.39, 0.29) is 11.5 Å². The van der Waals surface area contributed by atoms with Gasteiger partial charge in [-0.1, -0.05) is 0 Å². The van der Waals surface area contributed by atoms with Crippen molar-refractivity contribution in [2.75, 3.05) is 35.7 Å². The third kappa shape index (κ3) is 3.24. The van der Waals surface area contributed by atoms with Gasteiger partial charge in [-0.15, -0.1) is 10.2 Å². The summed E-state index contributed by atoms with van der Waals surface area (Å²) in [6, 6.07) is 6.32. The lowest BCUT2D eigenvalue weighted by molar-refractivity contribution is 0.486. The van der Waals surface area contributed by atoms with Crippen LogP contribution < -0.4 is 9.80 Å². The smallest absolute Gasteiger partial charge is 0.154 e. The van der Waals surface area contributed by atoms with Crippen molar-refractivity contribution in [2.24, 2.45) is 0 Å². The number of nitrogens with zero attached hydrogens (tertiary/aromatic N) is 6. The SMILES string of the molecule is CN(c1cc2c(nn1)CCS(=O)(=O)C2)C1CN(c2ccc(C3CC3)nn2)C1. The number of fused-ring (bicyclic) bond motifs is 1. The Morgan fingerprint density at radius 2 is 1.93 bits per heavy atom. The maximum absolute atomic E-state index is 11.9. The largest absolute Gasteiger partial charge is 0.352 e. The molecule has 0 spiro atoms. The molecule has 2 aromatic rings. The molecule has 2 fully saturated rings. The van der Waals surface area contributed by atoms with E-state index >= 15 is 0 Å². The van der Waals surface area contributed by atoms with Crippen LogP contribution in [-0.2, 0) is 22.0 Å². The first-order valence-electron chi connectivity index (χ1n) is 9.36. The first kappa shape index (κ1) is 16.9. The third-order valence-electron chi connectivity index (χ3n) is 5.73. The fourth-order valence-electron chi connectivity index (χ4n) is 3.69. The molecule has 9 heteroatoms. The van der Waals surface area contributed by atoms with Crippen molar-refractivity contribution in [2.45, 2.75) is 37.0 Å². The highest BCUT2D eigenvalue weighted by molar-refractivity contribution is 7.90. The molecule has 0 unspecified atom stereocenters. The monoisotopic (exact) mass is 386 g/mol. The summed E-state index contributed by atoms with van der Waals surface area (Å²) in [5.74, 6) is 2.49. The van der Waals surface area contributed by atoms with E-state index in [1.165, 1.54) is 12.8 Å². The van der Waals surface area contributed by atoms with Gasteiger partial charge in [-0.25, -0.2) is 8.42 Å². The van der Waals surface area contributed by atoms with Gasteiger partial charge in [-0.05, 0) is 36.6 Å². The molecule has 1 aliphatic carbocycles. The average Bonchev–Trinajstić information content (AvgIpc) is 3.44. The Hall–Kier alpha value is -2.29. The number of sulfone groups is 1. The van der Waals surface area contributed by atoms with E-state index in [4.69, 9.17) is 0 Å². The van der Waals surface area contributed by atoms with Crippen LogP contribution in [0.4, 0.5) is 11.6 Å². The van der Waals surface area contributed by atoms with E-state index in [0.717, 1.165) is 41.7 Å². The highest BCUT2D eigenvalue weighted by Crippen LogP contribution is 2.39. The lowest BCUT2D eigenvalue weighted by Gasteiger charge is -2.44. The fraction of sp³-hybridized carbons (Fsp3) is 0.556. The average molecular weight is 386 g/mol. The van der Waals surface area contributed by atoms with Crippen LogP contribution in [0.3, 0.4) is 0 Å². The summed E-state index contributed by atoms with van der Waals surface area (Å²) in [6.07, 6.45) is 2.92. The molecular weight excluding hydrogens is 364 g/mol. The number of aromatic nitrogens is 4. The van der Waals surface area contributed by atoms with Crippen molar-refractivity contribution in [3.8, 4) is 0 Å². The van der Waals surface area contributed by atoms with Gasteiger partial charge in [0.05, 0.1) is 28.9 Å². The standard InChI is InChI=1S/C18H22N6O2S/c1-23(18-8-13-11-27(25,26)7-6-16(13)20-22-18)14-9-24(10-14)17-5-4-15(19-21-17)12-2-3-12/h4-5,8,12,14H,2-3,6-7,9-11H2,1H3. The van der Waals surface area contributed by atoms with E-state index in [2.05, 4.69) is 42.3 Å². The van der Waals surface area contributed by atoms with Gasteiger partial charge in [0.15, 0.2) is 21.5 Å². The Morgan fingerprint density at radius 1 is 1.11 bits per heavy atom. The molecule has 0 aromatic carbocycles. The van der Waals surface area contributed by atoms with E-state index in [9.17, 15) is 8.42 Å². The van der Waals surface area contributed by atoms with E-state index in [1.807, 2.05) is 13.1 Å². The third-order valence-corrected chi connectivity index (χ3v) is 7.31. The van der Waals surface area contributed by atoms with Crippen LogP contribution >= 0.6 is 0 Å². The van der Waals surface area contributed by atoms with E-state index in [0.29, 0.717) is 18.4 Å². The second-order valence-electron chi connectivity index (χ2n) is 7.78. The minimum Gasteiger partial charge on any atom is -0.352 e. The molecule has 5 rings (SSSR count). The summed E-state index contributed by atoms with van der Waals surface area (Å²) in [5, 5.41) is 17.3. The van der Waals surface area contributed by atoms with Crippen molar-refractivity contribution in [1.82, 2.24) is 20.4 Å². The number of aryl methyl sites for hydroxylation is 1. The lowest BCUT2D eigenvalue weighted by Crippen LogP contribution is -2.59. The van der Waals surface area contributed by atoms with Crippen LogP contribution in [-0.4, -0.2) is 60.7 Å². The highest BCUT2D eigenvalue weighted by atomic mass is 32.2. The van der Waals surface area contributed by atoms with Crippen molar-refractivity contribution < 1.29 is 8.42 Å². The summed E-state index contributed by atoms with van der Waals surface area (Å²) < 4.78 is 23.8. The molecule has 2 aliphatic heterocycles. The zero-order chi connectivity index (χ0) is 18.6. The lowest BCUT2D eigenvalue weighted by atomic mass is 10.1. The molecule has 2 aromatic heterocycles. The predicted molar refractivity (Wildman–Crippen MR) is 102 cm³/mol. The Morgan fingerprint density at radius 3 is 2.63 bits per heavy atom. The van der Waals surface area contributed by atoms with Gasteiger partial charge in [0, 0.05) is 32.5 Å². The first-order valence-corrected chi connectivity index (χ1v) is 11.2. The Kier molecular flexibility index (Phi) is 3.82. The van der Waals surface area contributed by atoms with Crippen molar-refractivity contribution in [3.05, 3.63) is 35.2 Å².